The van der Waals surface area contributed by atoms with E-state index >= 15 is 0 Å². The van der Waals surface area contributed by atoms with Crippen LogP contribution in [0.4, 0.5) is 4.79 Å². The van der Waals surface area contributed by atoms with E-state index in [-0.39, 0.29) is 24.4 Å². The zero-order valence-electron chi connectivity index (χ0n) is 23.4. The van der Waals surface area contributed by atoms with Crippen LogP contribution in [-0.2, 0) is 31.6 Å². The Hall–Kier alpha value is -4.42. The van der Waals surface area contributed by atoms with Crippen molar-refractivity contribution in [3.05, 3.63) is 95.6 Å². The Balaban J connectivity index is 1.53. The maximum Gasteiger partial charge on any atom is 0.408 e. The summed E-state index contributed by atoms with van der Waals surface area (Å²) in [5.74, 6) is -1.41. The second-order valence-electron chi connectivity index (χ2n) is 11.0. The van der Waals surface area contributed by atoms with E-state index in [9.17, 15) is 27.9 Å². The molecule has 2 amide bonds. The van der Waals surface area contributed by atoms with E-state index < -0.39 is 45.2 Å². The number of ether oxygens (including phenoxy) is 2. The fourth-order valence-corrected chi connectivity index (χ4v) is 6.13. The summed E-state index contributed by atoms with van der Waals surface area (Å²) in [5, 5.41) is 12.0. The molecule has 1 atom stereocenters. The quantitative estimate of drug-likeness (QED) is 0.321. The van der Waals surface area contributed by atoms with E-state index in [0.29, 0.717) is 16.9 Å². The molecule has 0 spiro atoms. The number of nitrogens with zero attached hydrogens (tertiary/aromatic N) is 1. The number of hydrogen-bond donors (Lipinski definition) is 3. The van der Waals surface area contributed by atoms with Crippen LogP contribution in [0.3, 0.4) is 0 Å². The lowest BCUT2D eigenvalue weighted by Gasteiger charge is -2.48. The Kier molecular flexibility index (Phi) is 8.60. The van der Waals surface area contributed by atoms with Gasteiger partial charge in [0, 0.05) is 12.0 Å². The van der Waals surface area contributed by atoms with Crippen molar-refractivity contribution in [3.8, 4) is 5.75 Å². The average molecular weight is 596 g/mol. The first kappa shape index (κ1) is 30.5. The molecule has 1 unspecified atom stereocenters. The normalized spacial score (nSPS) is 15.6. The Morgan fingerprint density at radius 2 is 1.64 bits per heavy atom. The number of aliphatic carboxylic acids is 1. The molecule has 1 aliphatic heterocycles. The number of sulfonamides is 1. The van der Waals surface area contributed by atoms with Crippen molar-refractivity contribution >= 4 is 28.0 Å². The summed E-state index contributed by atoms with van der Waals surface area (Å²) in [6.07, 6.45) is -1.04. The van der Waals surface area contributed by atoms with Gasteiger partial charge in [0.25, 0.3) is 0 Å². The zero-order chi connectivity index (χ0) is 30.7. The molecule has 1 fully saturated rings. The first-order valence-electron chi connectivity index (χ1n) is 13.1. The Morgan fingerprint density at radius 1 is 1.00 bits per heavy atom. The summed E-state index contributed by atoms with van der Waals surface area (Å²) >= 11 is 0. The van der Waals surface area contributed by atoms with Crippen LogP contribution in [0.25, 0.3) is 0 Å². The molecule has 0 saturated carbocycles. The van der Waals surface area contributed by atoms with Gasteiger partial charge in [0.05, 0.1) is 18.0 Å². The summed E-state index contributed by atoms with van der Waals surface area (Å²) in [6, 6.07) is 20.1. The van der Waals surface area contributed by atoms with Crippen molar-refractivity contribution in [2.75, 3.05) is 13.1 Å². The van der Waals surface area contributed by atoms with Crippen molar-refractivity contribution in [2.24, 2.45) is 5.73 Å². The van der Waals surface area contributed by atoms with Gasteiger partial charge in [-0.15, -0.1) is 0 Å². The molecule has 0 aromatic heterocycles. The summed E-state index contributed by atoms with van der Waals surface area (Å²) in [6.45, 7) is 5.00. The van der Waals surface area contributed by atoms with Crippen molar-refractivity contribution in [2.45, 2.75) is 49.3 Å². The number of nitrogens with two attached hydrogens (primary N) is 1. The SMILES string of the molecule is CC(C)(C)OC(=O)NC(Cc1cccc(S(=O)(=O)N2CC(Oc3ccc(C(N)=O)cc3)(c3ccccc3)C2)c1)C(=O)O. The number of carbonyl (C=O) groups excluding carboxylic acids is 2. The average Bonchev–Trinajstić information content (AvgIpc) is 2.90. The molecule has 42 heavy (non-hydrogen) atoms. The number of primary amides is 1. The van der Waals surface area contributed by atoms with Crippen LogP contribution < -0.4 is 15.8 Å². The Bertz CT molecular complexity index is 1560. The second kappa shape index (κ2) is 11.8. The van der Waals surface area contributed by atoms with Crippen LogP contribution in [-0.4, -0.2) is 60.5 Å². The van der Waals surface area contributed by atoms with E-state index in [1.54, 1.807) is 39.0 Å². The number of amides is 2. The highest BCUT2D eigenvalue weighted by molar-refractivity contribution is 7.89. The monoisotopic (exact) mass is 595 g/mol. The third-order valence-electron chi connectivity index (χ3n) is 6.58. The van der Waals surface area contributed by atoms with Crippen LogP contribution in [0.2, 0.25) is 0 Å². The number of carboxylic acid groups (broad SMARTS) is 1. The van der Waals surface area contributed by atoms with Crippen molar-refractivity contribution in [3.63, 3.8) is 0 Å². The lowest BCUT2D eigenvalue weighted by Crippen LogP contribution is -2.64. The highest BCUT2D eigenvalue weighted by Crippen LogP contribution is 2.40. The van der Waals surface area contributed by atoms with Gasteiger partial charge < -0.3 is 25.6 Å². The second-order valence-corrected chi connectivity index (χ2v) is 13.0. The van der Waals surface area contributed by atoms with E-state index in [2.05, 4.69) is 5.32 Å². The van der Waals surface area contributed by atoms with Crippen LogP contribution in [0.5, 0.6) is 5.75 Å². The van der Waals surface area contributed by atoms with Gasteiger partial charge in [0.1, 0.15) is 17.4 Å². The van der Waals surface area contributed by atoms with Gasteiger partial charge >= 0.3 is 12.1 Å². The predicted octanol–water partition coefficient (Wildman–Crippen LogP) is 3.28. The maximum atomic E-state index is 13.6. The molecule has 1 aliphatic rings. The topological polar surface area (TPSA) is 165 Å². The van der Waals surface area contributed by atoms with Gasteiger partial charge in [-0.05, 0) is 68.3 Å². The molecule has 4 N–H and O–H groups in total. The molecule has 1 heterocycles. The highest BCUT2D eigenvalue weighted by Gasteiger charge is 2.52. The molecule has 12 heteroatoms. The van der Waals surface area contributed by atoms with Gasteiger partial charge in [-0.25, -0.2) is 18.0 Å². The molecule has 222 valence electrons. The van der Waals surface area contributed by atoms with E-state index in [1.807, 2.05) is 30.3 Å². The molecule has 3 aromatic carbocycles. The summed E-state index contributed by atoms with van der Waals surface area (Å²) in [5.41, 5.74) is 5.04. The smallest absolute Gasteiger partial charge is 0.408 e. The summed E-state index contributed by atoms with van der Waals surface area (Å²) in [7, 11) is -3.98. The van der Waals surface area contributed by atoms with E-state index in [1.165, 1.54) is 34.6 Å². The minimum absolute atomic E-state index is 0.0130. The standard InChI is InChI=1S/C30H33N3O8S/c1-29(2,3)41-28(37)32-25(27(35)36)17-20-8-7-11-24(16-20)42(38,39)33-18-30(19-33,22-9-5-4-6-10-22)40-23-14-12-21(13-15-23)26(31)34/h4-16,25H,17-19H2,1-3H3,(H2,31,34)(H,32,37)(H,35,36). The van der Waals surface area contributed by atoms with Gasteiger partial charge in [-0.3, -0.25) is 4.79 Å². The minimum Gasteiger partial charge on any atom is -0.480 e. The third kappa shape index (κ3) is 7.07. The molecule has 4 rings (SSSR count). The minimum atomic E-state index is -3.98. The molecule has 3 aromatic rings. The number of carbonyl (C=O) groups is 3. The van der Waals surface area contributed by atoms with Gasteiger partial charge in [0.2, 0.25) is 15.9 Å². The highest BCUT2D eigenvalue weighted by atomic mass is 32.2. The van der Waals surface area contributed by atoms with Gasteiger partial charge in [0.15, 0.2) is 5.60 Å². The summed E-state index contributed by atoms with van der Waals surface area (Å²) < 4.78 is 40.0. The number of benzene rings is 3. The molecule has 1 saturated heterocycles. The Labute approximate surface area is 244 Å². The van der Waals surface area contributed by atoms with Crippen molar-refractivity contribution < 1.29 is 37.4 Å². The fraction of sp³-hybridized carbons (Fsp3) is 0.300. The number of rotatable bonds is 10. The van der Waals surface area contributed by atoms with E-state index in [4.69, 9.17) is 15.2 Å². The largest absolute Gasteiger partial charge is 0.480 e. The first-order valence-corrected chi connectivity index (χ1v) is 14.6. The molecule has 11 nitrogen and oxygen atoms in total. The lowest BCUT2D eigenvalue weighted by molar-refractivity contribution is -0.139. The Morgan fingerprint density at radius 3 is 2.21 bits per heavy atom. The van der Waals surface area contributed by atoms with Crippen molar-refractivity contribution in [1.82, 2.24) is 9.62 Å². The van der Waals surface area contributed by atoms with Crippen LogP contribution in [0, 0.1) is 0 Å². The molecule has 0 bridgehead atoms. The lowest BCUT2D eigenvalue weighted by atomic mass is 9.87. The number of nitrogens with one attached hydrogen (secondary N) is 1. The number of hydrogen-bond acceptors (Lipinski definition) is 7. The molecule has 0 radical (unpaired) electrons. The maximum absolute atomic E-state index is 13.6. The van der Waals surface area contributed by atoms with Crippen LogP contribution >= 0.6 is 0 Å². The molecular formula is C30H33N3O8S. The third-order valence-corrected chi connectivity index (χ3v) is 8.37. The predicted molar refractivity (Wildman–Crippen MR) is 153 cm³/mol. The van der Waals surface area contributed by atoms with Crippen LogP contribution in [0.15, 0.2) is 83.8 Å². The van der Waals surface area contributed by atoms with E-state index in [0.717, 1.165) is 5.56 Å². The van der Waals surface area contributed by atoms with Crippen LogP contribution in [0.1, 0.15) is 42.3 Å². The zero-order valence-corrected chi connectivity index (χ0v) is 24.3. The first-order chi connectivity index (χ1) is 19.7. The number of carboxylic acids is 1. The van der Waals surface area contributed by atoms with Crippen molar-refractivity contribution in [1.29, 1.82) is 0 Å². The number of alkyl carbamates (subject to hydrolysis) is 1. The van der Waals surface area contributed by atoms with Gasteiger partial charge in [-0.1, -0.05) is 42.5 Å². The molecular weight excluding hydrogens is 562 g/mol. The summed E-state index contributed by atoms with van der Waals surface area (Å²) in [4.78, 5) is 35.4. The molecule has 0 aliphatic carbocycles. The van der Waals surface area contributed by atoms with Gasteiger partial charge in [-0.2, -0.15) is 4.31 Å². The fourth-order valence-electron chi connectivity index (χ4n) is 4.52.